The van der Waals surface area contributed by atoms with Crippen molar-refractivity contribution in [2.45, 2.75) is 5.75 Å². The van der Waals surface area contributed by atoms with E-state index in [-0.39, 0.29) is 10.8 Å². The largest absolute Gasteiger partial charge is 0.325 e. The highest BCUT2D eigenvalue weighted by atomic mass is 35.5. The molecule has 0 atom stereocenters. The van der Waals surface area contributed by atoms with Gasteiger partial charge >= 0.3 is 0 Å². The minimum Gasteiger partial charge on any atom is -0.325 e. The standard InChI is InChI=1S/C16H12Cl2N2O3S/c17-14-6-5-13(7-15(14)18)20-16(21)10-24(22,23)9-12-3-1-11(8-19)2-4-12/h1-7H,9-10H2,(H,20,21). The minimum atomic E-state index is -3.65. The van der Waals surface area contributed by atoms with Crippen LogP contribution >= 0.6 is 23.2 Å². The summed E-state index contributed by atoms with van der Waals surface area (Å²) in [5.41, 5.74) is 1.31. The van der Waals surface area contributed by atoms with Crippen LogP contribution in [0.5, 0.6) is 0 Å². The molecule has 2 rings (SSSR count). The van der Waals surface area contributed by atoms with E-state index in [1.54, 1.807) is 12.1 Å². The molecule has 0 aliphatic rings. The molecule has 0 radical (unpaired) electrons. The van der Waals surface area contributed by atoms with Gasteiger partial charge < -0.3 is 5.32 Å². The predicted octanol–water partition coefficient (Wildman–Crippen LogP) is 3.42. The van der Waals surface area contributed by atoms with Crippen molar-refractivity contribution in [1.29, 1.82) is 5.26 Å². The van der Waals surface area contributed by atoms with E-state index in [2.05, 4.69) is 5.32 Å². The molecule has 24 heavy (non-hydrogen) atoms. The molecule has 0 aliphatic heterocycles. The van der Waals surface area contributed by atoms with Crippen LogP contribution in [0.25, 0.3) is 0 Å². The maximum Gasteiger partial charge on any atom is 0.239 e. The van der Waals surface area contributed by atoms with Crippen LogP contribution in [0.4, 0.5) is 5.69 Å². The number of nitrogens with one attached hydrogen (secondary N) is 1. The molecule has 2 aromatic rings. The fraction of sp³-hybridized carbons (Fsp3) is 0.125. The van der Waals surface area contributed by atoms with Crippen molar-refractivity contribution in [2.24, 2.45) is 0 Å². The first-order valence-electron chi connectivity index (χ1n) is 6.73. The molecule has 0 bridgehead atoms. The number of hydrogen-bond donors (Lipinski definition) is 1. The Labute approximate surface area is 149 Å². The van der Waals surface area contributed by atoms with E-state index >= 15 is 0 Å². The van der Waals surface area contributed by atoms with Gasteiger partial charge in [-0.05, 0) is 35.9 Å². The molecule has 5 nitrogen and oxygen atoms in total. The lowest BCUT2D eigenvalue weighted by Gasteiger charge is -2.07. The summed E-state index contributed by atoms with van der Waals surface area (Å²) in [6.07, 6.45) is 0. The molecule has 124 valence electrons. The summed E-state index contributed by atoms with van der Waals surface area (Å²) < 4.78 is 24.2. The van der Waals surface area contributed by atoms with Crippen molar-refractivity contribution in [3.8, 4) is 6.07 Å². The second-order valence-electron chi connectivity index (χ2n) is 5.02. The van der Waals surface area contributed by atoms with Gasteiger partial charge in [0.2, 0.25) is 5.91 Å². The molecular formula is C16H12Cl2N2O3S. The molecule has 0 spiro atoms. The lowest BCUT2D eigenvalue weighted by molar-refractivity contribution is -0.113. The average Bonchev–Trinajstić information content (AvgIpc) is 2.50. The summed E-state index contributed by atoms with van der Waals surface area (Å²) in [5.74, 6) is -1.61. The third kappa shape index (κ3) is 5.24. The number of amides is 1. The Kier molecular flexibility index (Phi) is 5.84. The van der Waals surface area contributed by atoms with E-state index in [0.717, 1.165) is 0 Å². The van der Waals surface area contributed by atoms with E-state index in [1.807, 2.05) is 6.07 Å². The quantitative estimate of drug-likeness (QED) is 0.857. The third-order valence-corrected chi connectivity index (χ3v) is 5.24. The minimum absolute atomic E-state index is 0.259. The van der Waals surface area contributed by atoms with Gasteiger partial charge in [0, 0.05) is 5.69 Å². The SMILES string of the molecule is N#Cc1ccc(CS(=O)(=O)CC(=O)Nc2ccc(Cl)c(Cl)c2)cc1. The zero-order valence-electron chi connectivity index (χ0n) is 12.3. The molecule has 0 saturated carbocycles. The number of carbonyl (C=O) groups is 1. The summed E-state index contributed by atoms with van der Waals surface area (Å²) in [7, 11) is -3.65. The van der Waals surface area contributed by atoms with Crippen LogP contribution < -0.4 is 5.32 Å². The van der Waals surface area contributed by atoms with Crippen molar-refractivity contribution in [2.75, 3.05) is 11.1 Å². The number of anilines is 1. The van der Waals surface area contributed by atoms with Gasteiger partial charge in [0.05, 0.1) is 27.4 Å². The first kappa shape index (κ1) is 18.3. The number of rotatable bonds is 5. The molecule has 8 heteroatoms. The van der Waals surface area contributed by atoms with Gasteiger partial charge in [-0.3, -0.25) is 4.79 Å². The third-order valence-electron chi connectivity index (χ3n) is 3.02. The van der Waals surface area contributed by atoms with Crippen LogP contribution in [0, 0.1) is 11.3 Å². The predicted molar refractivity (Wildman–Crippen MR) is 93.7 cm³/mol. The van der Waals surface area contributed by atoms with E-state index in [9.17, 15) is 13.2 Å². The van der Waals surface area contributed by atoms with Gasteiger partial charge in [0.1, 0.15) is 5.75 Å². The topological polar surface area (TPSA) is 87.0 Å². The summed E-state index contributed by atoms with van der Waals surface area (Å²) in [6.45, 7) is 0. The molecule has 0 saturated heterocycles. The summed E-state index contributed by atoms with van der Waals surface area (Å²) in [6, 6.07) is 12.6. The maximum atomic E-state index is 12.1. The fourth-order valence-corrected chi connectivity index (χ4v) is 3.52. The number of halogens is 2. The molecule has 0 unspecified atom stereocenters. The van der Waals surface area contributed by atoms with Gasteiger partial charge in [-0.15, -0.1) is 0 Å². The van der Waals surface area contributed by atoms with E-state index in [1.165, 1.54) is 30.3 Å². The van der Waals surface area contributed by atoms with Gasteiger partial charge in [0.25, 0.3) is 0 Å². The highest BCUT2D eigenvalue weighted by Gasteiger charge is 2.18. The van der Waals surface area contributed by atoms with Gasteiger partial charge in [-0.25, -0.2) is 8.42 Å². The maximum absolute atomic E-state index is 12.1. The van der Waals surface area contributed by atoms with Crippen molar-refractivity contribution in [1.82, 2.24) is 0 Å². The number of nitriles is 1. The number of hydrogen-bond acceptors (Lipinski definition) is 4. The number of nitrogens with zero attached hydrogens (tertiary/aromatic N) is 1. The zero-order chi connectivity index (χ0) is 17.7. The van der Waals surface area contributed by atoms with Crippen LogP contribution in [0.3, 0.4) is 0 Å². The van der Waals surface area contributed by atoms with Crippen molar-refractivity contribution < 1.29 is 13.2 Å². The highest BCUT2D eigenvalue weighted by molar-refractivity contribution is 7.91. The van der Waals surface area contributed by atoms with Crippen LogP contribution in [0.1, 0.15) is 11.1 Å². The Hall–Kier alpha value is -2.07. The normalized spacial score (nSPS) is 10.9. The lowest BCUT2D eigenvalue weighted by atomic mass is 10.2. The summed E-state index contributed by atoms with van der Waals surface area (Å²) >= 11 is 11.6. The molecule has 0 aliphatic carbocycles. The van der Waals surface area contributed by atoms with Crippen LogP contribution in [-0.2, 0) is 20.4 Å². The second kappa shape index (κ2) is 7.67. The Morgan fingerprint density at radius 2 is 1.75 bits per heavy atom. The van der Waals surface area contributed by atoms with Gasteiger partial charge in [-0.2, -0.15) is 5.26 Å². The fourth-order valence-electron chi connectivity index (χ4n) is 1.95. The van der Waals surface area contributed by atoms with E-state index in [0.29, 0.717) is 21.8 Å². The molecular weight excluding hydrogens is 371 g/mol. The van der Waals surface area contributed by atoms with E-state index in [4.69, 9.17) is 28.5 Å². The average molecular weight is 383 g/mol. The smallest absolute Gasteiger partial charge is 0.239 e. The lowest BCUT2D eigenvalue weighted by Crippen LogP contribution is -2.23. The van der Waals surface area contributed by atoms with Crippen molar-refractivity contribution >= 4 is 44.6 Å². The second-order valence-corrected chi connectivity index (χ2v) is 7.90. The van der Waals surface area contributed by atoms with Crippen molar-refractivity contribution in [3.05, 3.63) is 63.6 Å². The molecule has 2 aromatic carbocycles. The molecule has 0 fully saturated rings. The van der Waals surface area contributed by atoms with Gasteiger partial charge in [-0.1, -0.05) is 35.3 Å². The zero-order valence-corrected chi connectivity index (χ0v) is 14.6. The molecule has 0 heterocycles. The number of benzene rings is 2. The number of carbonyl (C=O) groups excluding carboxylic acids is 1. The van der Waals surface area contributed by atoms with Crippen LogP contribution in [0.15, 0.2) is 42.5 Å². The van der Waals surface area contributed by atoms with Gasteiger partial charge in [0.15, 0.2) is 9.84 Å². The van der Waals surface area contributed by atoms with Crippen LogP contribution in [-0.4, -0.2) is 20.1 Å². The first-order chi connectivity index (χ1) is 11.3. The summed E-state index contributed by atoms with van der Waals surface area (Å²) in [4.78, 5) is 11.9. The Morgan fingerprint density at radius 3 is 2.33 bits per heavy atom. The molecule has 1 N–H and O–H groups in total. The van der Waals surface area contributed by atoms with Crippen LogP contribution in [0.2, 0.25) is 10.0 Å². The Bertz CT molecular complexity index is 904. The van der Waals surface area contributed by atoms with E-state index < -0.39 is 21.5 Å². The number of sulfone groups is 1. The summed E-state index contributed by atoms with van der Waals surface area (Å²) in [5, 5.41) is 11.8. The monoisotopic (exact) mass is 382 g/mol. The Morgan fingerprint density at radius 1 is 1.08 bits per heavy atom. The Balaban J connectivity index is 2.00. The molecule has 0 aromatic heterocycles. The first-order valence-corrected chi connectivity index (χ1v) is 9.31. The molecule has 1 amide bonds. The highest BCUT2D eigenvalue weighted by Crippen LogP contribution is 2.25. The van der Waals surface area contributed by atoms with Crippen molar-refractivity contribution in [3.63, 3.8) is 0 Å².